The van der Waals surface area contributed by atoms with Gasteiger partial charge in [0.05, 0.1) is 0 Å². The molecule has 44 valence electrons. The van der Waals surface area contributed by atoms with Crippen molar-refractivity contribution < 1.29 is 0 Å². The van der Waals surface area contributed by atoms with Crippen LogP contribution >= 0.6 is 33.3 Å². The van der Waals surface area contributed by atoms with Crippen molar-refractivity contribution in [3.63, 3.8) is 0 Å². The lowest BCUT2D eigenvalue weighted by molar-refractivity contribution is 1.54. The van der Waals surface area contributed by atoms with E-state index in [1.165, 1.54) is 10.8 Å². The van der Waals surface area contributed by atoms with Crippen molar-refractivity contribution in [2.75, 3.05) is 17.1 Å². The number of hydrogen-bond acceptors (Lipinski definition) is 3. The lowest BCUT2D eigenvalue weighted by Gasteiger charge is -1.90. The van der Waals surface area contributed by atoms with Crippen LogP contribution in [0.5, 0.6) is 0 Å². The quantitative estimate of drug-likeness (QED) is 0.347. The van der Waals surface area contributed by atoms with Crippen molar-refractivity contribution in [2.24, 2.45) is 0 Å². The summed E-state index contributed by atoms with van der Waals surface area (Å²) in [5.74, 6) is 1.23. The van der Waals surface area contributed by atoms with E-state index in [1.54, 1.807) is 0 Å². The van der Waals surface area contributed by atoms with Gasteiger partial charge in [-0.2, -0.15) is 11.8 Å². The van der Waals surface area contributed by atoms with Gasteiger partial charge in [0, 0.05) is 10.8 Å². The van der Waals surface area contributed by atoms with Gasteiger partial charge in [0.2, 0.25) is 0 Å². The molecule has 0 aromatic heterocycles. The number of hydrogen-bond donors (Lipinski definition) is 0. The molecule has 0 aliphatic heterocycles. The van der Waals surface area contributed by atoms with E-state index in [2.05, 4.69) is 13.2 Å². The summed E-state index contributed by atoms with van der Waals surface area (Å²) in [5, 5.41) is 1.22. The third-order valence-corrected chi connectivity index (χ3v) is 4.17. The minimum Gasteiger partial charge on any atom is -0.154 e. The fourth-order valence-electron chi connectivity index (χ4n) is 0.165. The van der Waals surface area contributed by atoms with E-state index in [0.717, 1.165) is 0 Å². The van der Waals surface area contributed by atoms with Crippen LogP contribution in [0.15, 0.2) is 0 Å². The molecule has 0 N–H and O–H groups in total. The van der Waals surface area contributed by atoms with Gasteiger partial charge in [0.15, 0.2) is 0 Å². The van der Waals surface area contributed by atoms with Crippen LogP contribution in [0.1, 0.15) is 6.92 Å². The molecule has 0 nitrogen and oxygen atoms in total. The molecule has 0 heterocycles. The molecule has 0 aliphatic carbocycles. The van der Waals surface area contributed by atoms with Gasteiger partial charge >= 0.3 is 0 Å². The fraction of sp³-hybridized carbons (Fsp3) is 1.00. The molecule has 0 atom stereocenters. The maximum Gasteiger partial charge on any atom is 0.0493 e. The fourth-order valence-corrected chi connectivity index (χ4v) is 2.97. The van der Waals surface area contributed by atoms with Crippen molar-refractivity contribution in [3.8, 4) is 0 Å². The predicted octanol–water partition coefficient (Wildman–Crippen LogP) is 2.71. The van der Waals surface area contributed by atoms with Gasteiger partial charge in [-0.1, -0.05) is 28.5 Å². The monoisotopic (exact) mass is 154 g/mol. The van der Waals surface area contributed by atoms with E-state index >= 15 is 0 Å². The molecular weight excluding hydrogens is 144 g/mol. The first-order chi connectivity index (χ1) is 3.41. The second-order valence-electron chi connectivity index (χ2n) is 0.931. The van der Waals surface area contributed by atoms with Crippen LogP contribution in [-0.2, 0) is 0 Å². The highest BCUT2D eigenvalue weighted by Gasteiger charge is 1.80. The summed E-state index contributed by atoms with van der Waals surface area (Å²) in [4.78, 5) is 0. The third-order valence-electron chi connectivity index (χ3n) is 0.367. The Balaban J connectivity index is 2.45. The maximum absolute atomic E-state index is 2.18. The molecule has 0 fully saturated rings. The van der Waals surface area contributed by atoms with Crippen molar-refractivity contribution in [1.82, 2.24) is 0 Å². The lowest BCUT2D eigenvalue weighted by Crippen LogP contribution is -1.61. The maximum atomic E-state index is 2.18. The van der Waals surface area contributed by atoms with Crippen LogP contribution < -0.4 is 0 Å². The summed E-state index contributed by atoms with van der Waals surface area (Å²) in [6.45, 7) is 2.18. The minimum atomic E-state index is 1.22. The van der Waals surface area contributed by atoms with Crippen molar-refractivity contribution in [3.05, 3.63) is 0 Å². The SMILES string of the molecule is CCSSCSC. The van der Waals surface area contributed by atoms with E-state index in [4.69, 9.17) is 0 Å². The van der Waals surface area contributed by atoms with Gasteiger partial charge in [-0.05, 0) is 6.26 Å². The van der Waals surface area contributed by atoms with E-state index < -0.39 is 0 Å². The summed E-state index contributed by atoms with van der Waals surface area (Å²) >= 11 is 1.88. The molecule has 0 aliphatic rings. The molecule has 0 amide bonds. The molecule has 0 unspecified atom stereocenters. The molecule has 3 heteroatoms. The lowest BCUT2D eigenvalue weighted by atomic mass is 11.0. The predicted molar refractivity (Wildman–Crippen MR) is 44.1 cm³/mol. The molecule has 0 saturated heterocycles. The molecule has 0 aromatic rings. The Labute approximate surface area is 57.6 Å². The Morgan fingerprint density at radius 2 is 2.00 bits per heavy atom. The second kappa shape index (κ2) is 7.05. The first-order valence-electron chi connectivity index (χ1n) is 2.15. The summed E-state index contributed by atoms with van der Waals surface area (Å²) in [5.41, 5.74) is 0. The highest BCUT2D eigenvalue weighted by Crippen LogP contribution is 2.23. The Hall–Kier alpha value is 1.05. The topological polar surface area (TPSA) is 0 Å². The van der Waals surface area contributed by atoms with Crippen LogP contribution in [-0.4, -0.2) is 17.1 Å². The van der Waals surface area contributed by atoms with Crippen LogP contribution in [0.25, 0.3) is 0 Å². The Bertz CT molecular complexity index is 26.1. The van der Waals surface area contributed by atoms with Gasteiger partial charge in [-0.15, -0.1) is 0 Å². The Kier molecular flexibility index (Phi) is 8.11. The first kappa shape index (κ1) is 8.05. The zero-order chi connectivity index (χ0) is 5.54. The summed E-state index contributed by atoms with van der Waals surface area (Å²) in [6, 6.07) is 0. The molecule has 0 radical (unpaired) electrons. The van der Waals surface area contributed by atoms with Crippen molar-refractivity contribution >= 4 is 33.3 Å². The van der Waals surface area contributed by atoms with E-state index in [0.29, 0.717) is 0 Å². The molecule has 0 bridgehead atoms. The van der Waals surface area contributed by atoms with Crippen LogP contribution in [0.2, 0.25) is 0 Å². The molecular formula is C4H10S3. The van der Waals surface area contributed by atoms with Crippen LogP contribution in [0, 0.1) is 0 Å². The highest BCUT2D eigenvalue weighted by molar-refractivity contribution is 8.78. The van der Waals surface area contributed by atoms with Crippen molar-refractivity contribution in [1.29, 1.82) is 0 Å². The van der Waals surface area contributed by atoms with Gasteiger partial charge in [0.25, 0.3) is 0 Å². The Morgan fingerprint density at radius 3 is 2.43 bits per heavy atom. The summed E-state index contributed by atoms with van der Waals surface area (Å²) in [7, 11) is 3.86. The zero-order valence-electron chi connectivity index (χ0n) is 4.64. The van der Waals surface area contributed by atoms with Gasteiger partial charge in [0.1, 0.15) is 0 Å². The average molecular weight is 154 g/mol. The summed E-state index contributed by atoms with van der Waals surface area (Å²) < 4.78 is 0. The normalized spacial score (nSPS) is 9.43. The molecule has 0 rings (SSSR count). The van der Waals surface area contributed by atoms with E-state index in [9.17, 15) is 0 Å². The molecule has 0 saturated carbocycles. The van der Waals surface area contributed by atoms with Crippen LogP contribution in [0.3, 0.4) is 0 Å². The smallest absolute Gasteiger partial charge is 0.0493 e. The van der Waals surface area contributed by atoms with Gasteiger partial charge in [-0.25, -0.2) is 0 Å². The van der Waals surface area contributed by atoms with E-state index in [-0.39, 0.29) is 0 Å². The largest absolute Gasteiger partial charge is 0.154 e. The number of rotatable bonds is 4. The van der Waals surface area contributed by atoms with Gasteiger partial charge in [-0.3, -0.25) is 0 Å². The average Bonchev–Trinajstić information content (AvgIpc) is 1.69. The van der Waals surface area contributed by atoms with Crippen LogP contribution in [0.4, 0.5) is 0 Å². The van der Waals surface area contributed by atoms with Crippen molar-refractivity contribution in [2.45, 2.75) is 6.92 Å². The first-order valence-corrected chi connectivity index (χ1v) is 6.03. The molecule has 7 heavy (non-hydrogen) atoms. The second-order valence-corrected chi connectivity index (χ2v) is 4.91. The number of thioether (sulfide) groups is 1. The minimum absolute atomic E-state index is 1.22. The highest BCUT2D eigenvalue weighted by atomic mass is 33.1. The standard InChI is InChI=1S/C4H10S3/c1-3-6-7-4-5-2/h3-4H2,1-2H3. The molecule has 0 aromatic carbocycles. The molecule has 0 spiro atoms. The summed E-state index contributed by atoms with van der Waals surface area (Å²) in [6.07, 6.45) is 2.13. The van der Waals surface area contributed by atoms with Gasteiger partial charge < -0.3 is 0 Å². The van der Waals surface area contributed by atoms with E-state index in [1.807, 2.05) is 33.3 Å². The zero-order valence-corrected chi connectivity index (χ0v) is 7.09. The Morgan fingerprint density at radius 1 is 1.29 bits per heavy atom. The third kappa shape index (κ3) is 7.05.